The van der Waals surface area contributed by atoms with E-state index < -0.39 is 23.7 Å². The van der Waals surface area contributed by atoms with E-state index in [1.54, 1.807) is 20.8 Å². The molecule has 1 atom stereocenters. The van der Waals surface area contributed by atoms with Gasteiger partial charge in [0, 0.05) is 13.0 Å². The first-order chi connectivity index (χ1) is 10.7. The second kappa shape index (κ2) is 8.53. The van der Waals surface area contributed by atoms with Crippen LogP contribution in [0.3, 0.4) is 0 Å². The van der Waals surface area contributed by atoms with Gasteiger partial charge in [0.2, 0.25) is 0 Å². The monoisotopic (exact) mass is 323 g/mol. The average molecular weight is 323 g/mol. The van der Waals surface area contributed by atoms with Crippen LogP contribution in [0.15, 0.2) is 24.3 Å². The van der Waals surface area contributed by atoms with Gasteiger partial charge in [0.25, 0.3) is 0 Å². The van der Waals surface area contributed by atoms with Gasteiger partial charge in [-0.3, -0.25) is 0 Å². The normalized spacial score (nSPS) is 12.5. The zero-order chi connectivity index (χ0) is 17.5. The Morgan fingerprint density at radius 1 is 1.22 bits per heavy atom. The molecule has 1 rings (SSSR count). The Labute approximate surface area is 136 Å². The van der Waals surface area contributed by atoms with Crippen molar-refractivity contribution in [1.29, 1.82) is 0 Å². The van der Waals surface area contributed by atoms with Crippen LogP contribution in [-0.2, 0) is 27.3 Å². The Morgan fingerprint density at radius 2 is 1.83 bits per heavy atom. The molecule has 0 saturated carbocycles. The molecule has 0 aliphatic heterocycles. The zero-order valence-corrected chi connectivity index (χ0v) is 14.1. The lowest BCUT2D eigenvalue weighted by molar-refractivity contribution is -0.139. The number of hydrogen-bond donors (Lipinski definition) is 2. The third-order valence-electron chi connectivity index (χ3n) is 2.99. The van der Waals surface area contributed by atoms with E-state index in [1.807, 2.05) is 31.2 Å². The average Bonchev–Trinajstić information content (AvgIpc) is 2.43. The van der Waals surface area contributed by atoms with Gasteiger partial charge in [-0.1, -0.05) is 24.3 Å². The second-order valence-electron chi connectivity index (χ2n) is 6.15. The molecule has 1 aromatic rings. The van der Waals surface area contributed by atoms with Gasteiger partial charge in [-0.25, -0.2) is 9.59 Å². The van der Waals surface area contributed by atoms with Gasteiger partial charge in [0.1, 0.15) is 11.6 Å². The highest BCUT2D eigenvalue weighted by molar-refractivity contribution is 5.80. The molecule has 23 heavy (non-hydrogen) atoms. The quantitative estimate of drug-likeness (QED) is 0.806. The van der Waals surface area contributed by atoms with Gasteiger partial charge in [-0.2, -0.15) is 0 Å². The summed E-state index contributed by atoms with van der Waals surface area (Å²) >= 11 is 0. The van der Waals surface area contributed by atoms with Crippen molar-refractivity contribution in [1.82, 2.24) is 5.32 Å². The second-order valence-corrected chi connectivity index (χ2v) is 6.15. The summed E-state index contributed by atoms with van der Waals surface area (Å²) < 4.78 is 10.5. The van der Waals surface area contributed by atoms with Crippen molar-refractivity contribution in [3.8, 4) is 0 Å². The van der Waals surface area contributed by atoms with Crippen molar-refractivity contribution < 1.29 is 24.2 Å². The van der Waals surface area contributed by atoms with Crippen LogP contribution in [0.4, 0.5) is 4.79 Å². The van der Waals surface area contributed by atoms with Gasteiger partial charge in [0.15, 0.2) is 0 Å². The molecule has 0 radical (unpaired) electrons. The number of aliphatic carboxylic acids is 1. The molecule has 0 aliphatic rings. The summed E-state index contributed by atoms with van der Waals surface area (Å²) in [6.07, 6.45) is -0.579. The molecule has 0 bridgehead atoms. The summed E-state index contributed by atoms with van der Waals surface area (Å²) in [7, 11) is 0. The number of carbonyl (C=O) groups excluding carboxylic acids is 1. The van der Waals surface area contributed by atoms with E-state index in [9.17, 15) is 14.7 Å². The van der Waals surface area contributed by atoms with E-state index >= 15 is 0 Å². The van der Waals surface area contributed by atoms with Crippen LogP contribution in [0, 0.1) is 0 Å². The van der Waals surface area contributed by atoms with Crippen LogP contribution in [0.2, 0.25) is 0 Å². The fraction of sp³-hybridized carbons (Fsp3) is 0.529. The number of carboxylic acids is 1. The lowest BCUT2D eigenvalue weighted by Gasteiger charge is -2.22. The van der Waals surface area contributed by atoms with E-state index in [0.29, 0.717) is 13.2 Å². The Kier molecular flexibility index (Phi) is 7.03. The molecular formula is C17H25NO5. The van der Waals surface area contributed by atoms with Gasteiger partial charge in [-0.05, 0) is 38.8 Å². The van der Waals surface area contributed by atoms with Crippen molar-refractivity contribution >= 4 is 12.1 Å². The fourth-order valence-electron chi connectivity index (χ4n) is 1.98. The maximum Gasteiger partial charge on any atom is 0.408 e. The molecule has 6 heteroatoms. The first-order valence-electron chi connectivity index (χ1n) is 7.59. The number of alkyl carbamates (subject to hydrolysis) is 1. The molecular weight excluding hydrogens is 298 g/mol. The number of carbonyl (C=O) groups is 2. The standard InChI is InChI=1S/C17H25NO5/c1-5-22-11-13-9-7-6-8-12(13)10-14(15(19)20)18-16(21)23-17(2,3)4/h6-9,14H,5,10-11H2,1-4H3,(H,18,21)(H,19,20)/t14-/m0/s1. The minimum atomic E-state index is -1.11. The van der Waals surface area contributed by atoms with Crippen molar-refractivity contribution in [3.05, 3.63) is 35.4 Å². The van der Waals surface area contributed by atoms with Crippen molar-refractivity contribution in [2.24, 2.45) is 0 Å². The van der Waals surface area contributed by atoms with Gasteiger partial charge in [0.05, 0.1) is 6.61 Å². The molecule has 128 valence electrons. The molecule has 6 nitrogen and oxygen atoms in total. The molecule has 0 heterocycles. The van der Waals surface area contributed by atoms with Crippen molar-refractivity contribution in [2.45, 2.75) is 52.4 Å². The van der Waals surface area contributed by atoms with E-state index in [1.165, 1.54) is 0 Å². The first-order valence-corrected chi connectivity index (χ1v) is 7.59. The number of ether oxygens (including phenoxy) is 2. The molecule has 0 aliphatic carbocycles. The Hall–Kier alpha value is -2.08. The SMILES string of the molecule is CCOCc1ccccc1C[C@H](NC(=O)OC(C)(C)C)C(=O)O. The number of carboxylic acid groups (broad SMARTS) is 1. The predicted octanol–water partition coefficient (Wildman–Crippen LogP) is 2.74. The molecule has 0 unspecified atom stereocenters. The van der Waals surface area contributed by atoms with Crippen LogP contribution in [-0.4, -0.2) is 35.4 Å². The summed E-state index contributed by atoms with van der Waals surface area (Å²) in [6, 6.07) is 6.36. The number of amides is 1. The number of benzene rings is 1. The van der Waals surface area contributed by atoms with Crippen molar-refractivity contribution in [3.63, 3.8) is 0 Å². The van der Waals surface area contributed by atoms with E-state index in [0.717, 1.165) is 11.1 Å². The van der Waals surface area contributed by atoms with E-state index in [2.05, 4.69) is 5.32 Å². The largest absolute Gasteiger partial charge is 0.480 e. The molecule has 0 spiro atoms. The van der Waals surface area contributed by atoms with Crippen LogP contribution < -0.4 is 5.32 Å². The lowest BCUT2D eigenvalue weighted by Crippen LogP contribution is -2.44. The summed E-state index contributed by atoms with van der Waals surface area (Å²) in [6.45, 7) is 8.05. The smallest absolute Gasteiger partial charge is 0.408 e. The van der Waals surface area contributed by atoms with Gasteiger partial charge >= 0.3 is 12.1 Å². The van der Waals surface area contributed by atoms with E-state index in [4.69, 9.17) is 9.47 Å². The Morgan fingerprint density at radius 3 is 2.35 bits per heavy atom. The topological polar surface area (TPSA) is 84.9 Å². The predicted molar refractivity (Wildman–Crippen MR) is 86.3 cm³/mol. The molecule has 1 amide bonds. The van der Waals surface area contributed by atoms with E-state index in [-0.39, 0.29) is 6.42 Å². The number of hydrogen-bond acceptors (Lipinski definition) is 4. The number of rotatable bonds is 7. The first kappa shape index (κ1) is 19.0. The maximum absolute atomic E-state index is 11.8. The molecule has 1 aromatic carbocycles. The minimum Gasteiger partial charge on any atom is -0.480 e. The minimum absolute atomic E-state index is 0.165. The van der Waals surface area contributed by atoms with Gasteiger partial charge in [-0.15, -0.1) is 0 Å². The van der Waals surface area contributed by atoms with Crippen molar-refractivity contribution in [2.75, 3.05) is 6.61 Å². The molecule has 2 N–H and O–H groups in total. The summed E-state index contributed by atoms with van der Waals surface area (Å²) in [4.78, 5) is 23.2. The summed E-state index contributed by atoms with van der Waals surface area (Å²) in [5.74, 6) is -1.11. The van der Waals surface area contributed by atoms with Crippen LogP contribution in [0.25, 0.3) is 0 Å². The third kappa shape index (κ3) is 7.15. The molecule has 0 saturated heterocycles. The Balaban J connectivity index is 2.80. The van der Waals surface area contributed by atoms with Crippen LogP contribution in [0.5, 0.6) is 0 Å². The van der Waals surface area contributed by atoms with Crippen LogP contribution >= 0.6 is 0 Å². The van der Waals surface area contributed by atoms with Gasteiger partial charge < -0.3 is 19.9 Å². The highest BCUT2D eigenvalue weighted by Gasteiger charge is 2.24. The zero-order valence-electron chi connectivity index (χ0n) is 14.1. The molecule has 0 fully saturated rings. The van der Waals surface area contributed by atoms with Crippen LogP contribution in [0.1, 0.15) is 38.8 Å². The highest BCUT2D eigenvalue weighted by atomic mass is 16.6. The summed E-state index contributed by atoms with van der Waals surface area (Å²) in [5.41, 5.74) is 1.05. The fourth-order valence-corrected chi connectivity index (χ4v) is 1.98. The Bertz CT molecular complexity index is 536. The highest BCUT2D eigenvalue weighted by Crippen LogP contribution is 2.14. The molecule has 0 aromatic heterocycles. The maximum atomic E-state index is 11.8. The lowest BCUT2D eigenvalue weighted by atomic mass is 10.0. The number of nitrogens with one attached hydrogen (secondary N) is 1. The summed E-state index contributed by atoms with van der Waals surface area (Å²) in [5, 5.41) is 11.8. The third-order valence-corrected chi connectivity index (χ3v) is 2.99.